The highest BCUT2D eigenvalue weighted by molar-refractivity contribution is 14.1. The number of para-hydroxylation sites is 1. The number of hydrogen-bond donors (Lipinski definition) is 0. The number of hydrogen-bond acceptors (Lipinski definition) is 3. The monoisotopic (exact) mass is 398 g/mol. The maximum Gasteiger partial charge on any atom is 0.157 e. The number of alkyl halides is 1. The van der Waals surface area contributed by atoms with Crippen molar-refractivity contribution in [1.82, 2.24) is 4.90 Å². The second kappa shape index (κ2) is 7.01. The highest BCUT2D eigenvalue weighted by Gasteiger charge is 2.26. The van der Waals surface area contributed by atoms with Crippen molar-refractivity contribution in [2.24, 2.45) is 0 Å². The first-order valence-corrected chi connectivity index (χ1v) is 9.13. The Bertz CT molecular complexity index is 583. The second-order valence-electron chi connectivity index (χ2n) is 5.75. The van der Waals surface area contributed by atoms with E-state index in [1.165, 1.54) is 36.9 Å². The van der Waals surface area contributed by atoms with Gasteiger partial charge >= 0.3 is 0 Å². The van der Waals surface area contributed by atoms with Crippen LogP contribution < -0.4 is 4.90 Å². The molecule has 0 radical (unpaired) electrons. The molecule has 0 aliphatic carbocycles. The molecule has 3 nitrogen and oxygen atoms in total. The lowest BCUT2D eigenvalue weighted by Gasteiger charge is -2.40. The zero-order chi connectivity index (χ0) is 14.7. The van der Waals surface area contributed by atoms with Gasteiger partial charge in [-0.3, -0.25) is 4.90 Å². The van der Waals surface area contributed by atoms with E-state index in [0.29, 0.717) is 4.05 Å². The summed E-state index contributed by atoms with van der Waals surface area (Å²) < 4.78 is 6.21. The zero-order valence-electron chi connectivity index (χ0n) is 12.6. The number of fused-ring (bicyclic) bond motifs is 1. The van der Waals surface area contributed by atoms with Gasteiger partial charge in [0.15, 0.2) is 5.58 Å². The zero-order valence-corrected chi connectivity index (χ0v) is 14.8. The van der Waals surface area contributed by atoms with Gasteiger partial charge in [0.05, 0.1) is 16.0 Å². The van der Waals surface area contributed by atoms with Crippen molar-refractivity contribution < 1.29 is 4.42 Å². The summed E-state index contributed by atoms with van der Waals surface area (Å²) >= 11 is 2.57. The molecule has 114 valence electrons. The van der Waals surface area contributed by atoms with Gasteiger partial charge in [-0.05, 0) is 25.1 Å². The summed E-state index contributed by atoms with van der Waals surface area (Å²) in [5.74, 6) is 0. The Morgan fingerprint density at radius 2 is 2.14 bits per heavy atom. The van der Waals surface area contributed by atoms with Crippen LogP contribution in [0.3, 0.4) is 0 Å². The minimum Gasteiger partial charge on any atom is -0.462 e. The fourth-order valence-electron chi connectivity index (χ4n) is 3.06. The van der Waals surface area contributed by atoms with E-state index >= 15 is 0 Å². The molecule has 0 spiro atoms. The van der Waals surface area contributed by atoms with Gasteiger partial charge < -0.3 is 9.32 Å². The standard InChI is InChI=1S/C17H23IN2O/c1-2-3-4-9-19-10-11-20(16(18)13-19)15-7-5-6-14-8-12-21-17(14)15/h5-8,12,16H,2-4,9-11,13H2,1H3. The first-order valence-electron chi connectivity index (χ1n) is 7.89. The number of nitrogens with zero attached hydrogens (tertiary/aromatic N) is 2. The van der Waals surface area contributed by atoms with Crippen LogP contribution in [-0.2, 0) is 0 Å². The molecule has 1 saturated heterocycles. The third kappa shape index (κ3) is 3.37. The van der Waals surface area contributed by atoms with Crippen molar-refractivity contribution in [3.8, 4) is 0 Å². The SMILES string of the molecule is CCCCCN1CCN(c2cccc3ccoc23)C(I)C1. The number of piperazine rings is 1. The number of furan rings is 1. The molecule has 1 aromatic carbocycles. The number of rotatable bonds is 5. The first kappa shape index (κ1) is 15.2. The highest BCUT2D eigenvalue weighted by atomic mass is 127. The topological polar surface area (TPSA) is 19.6 Å². The third-order valence-electron chi connectivity index (χ3n) is 4.25. The molecule has 1 atom stereocenters. The van der Waals surface area contributed by atoms with Crippen LogP contribution in [0.15, 0.2) is 34.9 Å². The summed E-state index contributed by atoms with van der Waals surface area (Å²) in [6.07, 6.45) is 5.76. The van der Waals surface area contributed by atoms with Crippen LogP contribution >= 0.6 is 22.6 Å². The fourth-order valence-corrected chi connectivity index (χ4v) is 4.19. The molecule has 2 aromatic rings. The second-order valence-corrected chi connectivity index (χ2v) is 7.19. The van der Waals surface area contributed by atoms with Gasteiger partial charge in [0.1, 0.15) is 0 Å². The molecule has 1 aromatic heterocycles. The maximum absolute atomic E-state index is 5.70. The molecule has 3 rings (SSSR count). The number of anilines is 1. The predicted molar refractivity (Wildman–Crippen MR) is 97.3 cm³/mol. The highest BCUT2D eigenvalue weighted by Crippen LogP contribution is 2.31. The summed E-state index contributed by atoms with van der Waals surface area (Å²) in [5.41, 5.74) is 2.27. The van der Waals surface area contributed by atoms with E-state index in [1.54, 1.807) is 6.26 Å². The van der Waals surface area contributed by atoms with E-state index in [4.69, 9.17) is 4.42 Å². The number of unbranched alkanes of at least 4 members (excludes halogenated alkanes) is 2. The molecule has 0 N–H and O–H groups in total. The average Bonchev–Trinajstić information content (AvgIpc) is 2.96. The van der Waals surface area contributed by atoms with Crippen molar-refractivity contribution in [3.63, 3.8) is 0 Å². The molecule has 1 fully saturated rings. The Hall–Kier alpha value is -0.750. The van der Waals surface area contributed by atoms with Gasteiger partial charge in [-0.15, -0.1) is 0 Å². The Morgan fingerprint density at radius 1 is 1.24 bits per heavy atom. The van der Waals surface area contributed by atoms with E-state index in [9.17, 15) is 0 Å². The smallest absolute Gasteiger partial charge is 0.157 e. The molecular formula is C17H23IN2O. The van der Waals surface area contributed by atoms with E-state index in [0.717, 1.165) is 25.2 Å². The van der Waals surface area contributed by atoms with Crippen LogP contribution in [-0.4, -0.2) is 35.1 Å². The lowest BCUT2D eigenvalue weighted by atomic mass is 10.2. The van der Waals surface area contributed by atoms with Crippen LogP contribution in [0.2, 0.25) is 0 Å². The lowest BCUT2D eigenvalue weighted by Crippen LogP contribution is -2.50. The average molecular weight is 398 g/mol. The van der Waals surface area contributed by atoms with Crippen LogP contribution in [0.5, 0.6) is 0 Å². The molecule has 1 aliphatic heterocycles. The largest absolute Gasteiger partial charge is 0.462 e. The van der Waals surface area contributed by atoms with Crippen molar-refractivity contribution in [3.05, 3.63) is 30.5 Å². The summed E-state index contributed by atoms with van der Waals surface area (Å²) in [6, 6.07) is 8.47. The van der Waals surface area contributed by atoms with Crippen LogP contribution in [0.25, 0.3) is 11.0 Å². The summed E-state index contributed by atoms with van der Waals surface area (Å²) in [5, 5.41) is 1.20. The summed E-state index contributed by atoms with van der Waals surface area (Å²) in [6.45, 7) is 6.89. The molecule has 21 heavy (non-hydrogen) atoms. The predicted octanol–water partition coefficient (Wildman–Crippen LogP) is 4.51. The van der Waals surface area contributed by atoms with Gasteiger partial charge in [-0.25, -0.2) is 0 Å². The third-order valence-corrected chi connectivity index (χ3v) is 5.32. The molecule has 4 heteroatoms. The van der Waals surface area contributed by atoms with E-state index in [1.807, 2.05) is 6.07 Å². The number of halogens is 1. The van der Waals surface area contributed by atoms with Crippen molar-refractivity contribution in [2.75, 3.05) is 31.1 Å². The molecule has 0 bridgehead atoms. The normalized spacial score (nSPS) is 20.3. The summed E-state index contributed by atoms with van der Waals surface area (Å²) in [7, 11) is 0. The maximum atomic E-state index is 5.70. The summed E-state index contributed by atoms with van der Waals surface area (Å²) in [4.78, 5) is 5.09. The minimum absolute atomic E-state index is 0.508. The molecule has 0 amide bonds. The lowest BCUT2D eigenvalue weighted by molar-refractivity contribution is 0.248. The molecule has 1 aliphatic rings. The van der Waals surface area contributed by atoms with Crippen molar-refractivity contribution >= 4 is 39.2 Å². The molecule has 0 saturated carbocycles. The Labute approximate surface area is 140 Å². The van der Waals surface area contributed by atoms with Crippen molar-refractivity contribution in [1.29, 1.82) is 0 Å². The van der Waals surface area contributed by atoms with Gasteiger partial charge in [0.25, 0.3) is 0 Å². The number of benzene rings is 1. The molecular weight excluding hydrogens is 375 g/mol. The Balaban J connectivity index is 1.69. The van der Waals surface area contributed by atoms with Crippen molar-refractivity contribution in [2.45, 2.75) is 30.2 Å². The van der Waals surface area contributed by atoms with Crippen LogP contribution in [0.1, 0.15) is 26.2 Å². The van der Waals surface area contributed by atoms with Gasteiger partial charge in [-0.2, -0.15) is 0 Å². The van der Waals surface area contributed by atoms with Gasteiger partial charge in [0, 0.05) is 25.0 Å². The van der Waals surface area contributed by atoms with E-state index < -0.39 is 0 Å². The fraction of sp³-hybridized carbons (Fsp3) is 0.529. The molecule has 2 heterocycles. The van der Waals surface area contributed by atoms with Crippen LogP contribution in [0.4, 0.5) is 5.69 Å². The van der Waals surface area contributed by atoms with Gasteiger partial charge in [-0.1, -0.05) is 54.5 Å². The quantitative estimate of drug-likeness (QED) is 0.320. The van der Waals surface area contributed by atoms with Gasteiger partial charge in [0.2, 0.25) is 0 Å². The minimum atomic E-state index is 0.508. The van der Waals surface area contributed by atoms with E-state index in [2.05, 4.69) is 57.5 Å². The van der Waals surface area contributed by atoms with Crippen LogP contribution in [0, 0.1) is 0 Å². The first-order chi connectivity index (χ1) is 10.3. The molecule has 1 unspecified atom stereocenters. The Morgan fingerprint density at radius 3 is 2.95 bits per heavy atom. The van der Waals surface area contributed by atoms with E-state index in [-0.39, 0.29) is 0 Å². The Kier molecular flexibility index (Phi) is 5.06.